The summed E-state index contributed by atoms with van der Waals surface area (Å²) in [5.74, 6) is 0.830. The molecule has 1 N–H and O–H groups in total. The molecular formula is C24H34N4O. The minimum Gasteiger partial charge on any atom is -0.324 e. The fraction of sp³-hybridized carbons (Fsp3) is 0.500. The first-order valence-corrected chi connectivity index (χ1v) is 10.7. The van der Waals surface area contributed by atoms with E-state index in [4.69, 9.17) is 0 Å². The van der Waals surface area contributed by atoms with Gasteiger partial charge in [-0.15, -0.1) is 0 Å². The Labute approximate surface area is 175 Å². The summed E-state index contributed by atoms with van der Waals surface area (Å²) in [5.41, 5.74) is 4.54. The van der Waals surface area contributed by atoms with Crippen molar-refractivity contribution in [1.29, 1.82) is 0 Å². The van der Waals surface area contributed by atoms with Crippen LogP contribution in [0.5, 0.6) is 0 Å². The molecule has 0 spiro atoms. The van der Waals surface area contributed by atoms with Crippen molar-refractivity contribution in [3.8, 4) is 0 Å². The van der Waals surface area contributed by atoms with Crippen LogP contribution < -0.4 is 5.32 Å². The van der Waals surface area contributed by atoms with Gasteiger partial charge in [0.1, 0.15) is 0 Å². The summed E-state index contributed by atoms with van der Waals surface area (Å²) in [6, 6.07) is 12.4. The number of carbonyl (C=O) groups excluding carboxylic acids is 1. The van der Waals surface area contributed by atoms with Crippen molar-refractivity contribution in [3.63, 3.8) is 0 Å². The number of hydrogen-bond acceptors (Lipinski definition) is 4. The Bertz CT molecular complexity index is 770. The highest BCUT2D eigenvalue weighted by atomic mass is 16.2. The van der Waals surface area contributed by atoms with Crippen LogP contribution in [0.3, 0.4) is 0 Å². The lowest BCUT2D eigenvalue weighted by Gasteiger charge is -2.34. The van der Waals surface area contributed by atoms with E-state index >= 15 is 0 Å². The second kappa shape index (κ2) is 9.99. The third-order valence-electron chi connectivity index (χ3n) is 5.58. The van der Waals surface area contributed by atoms with Crippen LogP contribution in [-0.2, 0) is 11.3 Å². The van der Waals surface area contributed by atoms with E-state index < -0.39 is 0 Å². The van der Waals surface area contributed by atoms with E-state index in [0.29, 0.717) is 18.4 Å². The molecule has 2 heterocycles. The Morgan fingerprint density at radius 1 is 0.931 bits per heavy atom. The molecule has 0 bridgehead atoms. The van der Waals surface area contributed by atoms with Crippen molar-refractivity contribution in [1.82, 2.24) is 14.8 Å². The lowest BCUT2D eigenvalue weighted by Crippen LogP contribution is -2.48. The van der Waals surface area contributed by atoms with E-state index in [0.717, 1.165) is 44.1 Å². The molecule has 1 aromatic heterocycles. The molecule has 0 unspecified atom stereocenters. The van der Waals surface area contributed by atoms with E-state index in [2.05, 4.69) is 72.1 Å². The van der Waals surface area contributed by atoms with Gasteiger partial charge in [0.25, 0.3) is 0 Å². The van der Waals surface area contributed by atoms with Crippen molar-refractivity contribution < 1.29 is 4.79 Å². The maximum Gasteiger partial charge on any atom is 0.238 e. The molecule has 0 saturated carbocycles. The molecule has 1 saturated heterocycles. The van der Waals surface area contributed by atoms with E-state index in [1.165, 1.54) is 11.1 Å². The van der Waals surface area contributed by atoms with Crippen molar-refractivity contribution in [3.05, 3.63) is 59.4 Å². The number of pyridine rings is 1. The van der Waals surface area contributed by atoms with Gasteiger partial charge in [-0.3, -0.25) is 19.6 Å². The van der Waals surface area contributed by atoms with Gasteiger partial charge in [0.15, 0.2) is 0 Å². The first-order valence-electron chi connectivity index (χ1n) is 10.7. The highest BCUT2D eigenvalue weighted by Crippen LogP contribution is 2.32. The highest BCUT2D eigenvalue weighted by Gasteiger charge is 2.21. The topological polar surface area (TPSA) is 48.5 Å². The molecule has 0 aliphatic carbocycles. The van der Waals surface area contributed by atoms with Gasteiger partial charge < -0.3 is 5.32 Å². The lowest BCUT2D eigenvalue weighted by atomic mass is 9.92. The third-order valence-corrected chi connectivity index (χ3v) is 5.58. The van der Waals surface area contributed by atoms with E-state index in [9.17, 15) is 4.79 Å². The molecule has 1 aromatic carbocycles. The maximum absolute atomic E-state index is 12.8. The summed E-state index contributed by atoms with van der Waals surface area (Å²) in [7, 11) is 0. The van der Waals surface area contributed by atoms with Crippen LogP contribution in [0.1, 0.15) is 56.4 Å². The maximum atomic E-state index is 12.8. The number of amides is 1. The average molecular weight is 395 g/mol. The summed E-state index contributed by atoms with van der Waals surface area (Å²) in [5, 5.41) is 3.24. The molecule has 3 rings (SSSR count). The SMILES string of the molecule is CC(C)c1cccc(C(C)C)c1NC(=O)CN1CCN(Cc2ccccn2)CC1. The molecular weight excluding hydrogens is 360 g/mol. The van der Waals surface area contributed by atoms with Crippen LogP contribution in [0, 0.1) is 0 Å². The van der Waals surface area contributed by atoms with Crippen molar-refractivity contribution in [2.75, 3.05) is 38.0 Å². The standard InChI is InChI=1S/C24H34N4O/c1-18(2)21-9-7-10-22(19(3)4)24(21)26-23(29)17-28-14-12-27(13-15-28)16-20-8-5-6-11-25-20/h5-11,18-19H,12-17H2,1-4H3,(H,26,29). The molecule has 156 valence electrons. The number of piperazine rings is 1. The molecule has 1 fully saturated rings. The molecule has 5 nitrogen and oxygen atoms in total. The zero-order chi connectivity index (χ0) is 20.8. The monoisotopic (exact) mass is 394 g/mol. The Balaban J connectivity index is 1.56. The van der Waals surface area contributed by atoms with Crippen LogP contribution in [0.15, 0.2) is 42.6 Å². The number of rotatable bonds is 7. The predicted octanol–water partition coefficient (Wildman–Crippen LogP) is 4.08. The zero-order valence-corrected chi connectivity index (χ0v) is 18.2. The van der Waals surface area contributed by atoms with Gasteiger partial charge in [-0.1, -0.05) is 52.0 Å². The minimum absolute atomic E-state index is 0.0816. The Hall–Kier alpha value is -2.24. The fourth-order valence-corrected chi connectivity index (χ4v) is 3.90. The van der Waals surface area contributed by atoms with E-state index in [1.807, 2.05) is 18.3 Å². The fourth-order valence-electron chi connectivity index (χ4n) is 3.90. The number of hydrogen-bond donors (Lipinski definition) is 1. The van der Waals surface area contributed by atoms with E-state index in [1.54, 1.807) is 0 Å². The van der Waals surface area contributed by atoms with Crippen LogP contribution in [0.25, 0.3) is 0 Å². The van der Waals surface area contributed by atoms with Crippen LogP contribution in [0.2, 0.25) is 0 Å². The summed E-state index contributed by atoms with van der Waals surface area (Å²) in [6.45, 7) is 13.8. The van der Waals surface area contributed by atoms with Gasteiger partial charge in [0.2, 0.25) is 5.91 Å². The molecule has 0 radical (unpaired) electrons. The van der Waals surface area contributed by atoms with Crippen molar-refractivity contribution in [2.24, 2.45) is 0 Å². The number of aromatic nitrogens is 1. The molecule has 1 amide bonds. The Morgan fingerprint density at radius 3 is 2.10 bits per heavy atom. The van der Waals surface area contributed by atoms with Gasteiger partial charge in [-0.05, 0) is 35.1 Å². The van der Waals surface area contributed by atoms with Crippen LogP contribution in [0.4, 0.5) is 5.69 Å². The second-order valence-electron chi connectivity index (χ2n) is 8.54. The predicted molar refractivity (Wildman–Crippen MR) is 119 cm³/mol. The normalized spacial score (nSPS) is 15.8. The number of nitrogens with zero attached hydrogens (tertiary/aromatic N) is 3. The highest BCUT2D eigenvalue weighted by molar-refractivity contribution is 5.94. The van der Waals surface area contributed by atoms with E-state index in [-0.39, 0.29) is 5.91 Å². The third kappa shape index (κ3) is 5.87. The lowest BCUT2D eigenvalue weighted by molar-refractivity contribution is -0.117. The van der Waals surface area contributed by atoms with Gasteiger partial charge in [-0.25, -0.2) is 0 Å². The smallest absolute Gasteiger partial charge is 0.238 e. The van der Waals surface area contributed by atoms with Crippen LogP contribution in [-0.4, -0.2) is 53.4 Å². The van der Waals surface area contributed by atoms with Crippen LogP contribution >= 0.6 is 0 Å². The molecule has 29 heavy (non-hydrogen) atoms. The summed E-state index contributed by atoms with van der Waals surface area (Å²) >= 11 is 0. The second-order valence-corrected chi connectivity index (χ2v) is 8.54. The van der Waals surface area contributed by atoms with Gasteiger partial charge >= 0.3 is 0 Å². The number of nitrogens with one attached hydrogen (secondary N) is 1. The number of carbonyl (C=O) groups is 1. The average Bonchev–Trinajstić information content (AvgIpc) is 2.70. The van der Waals surface area contributed by atoms with Crippen molar-refractivity contribution >= 4 is 11.6 Å². The quantitative estimate of drug-likeness (QED) is 0.769. The first-order chi connectivity index (χ1) is 13.9. The molecule has 2 aromatic rings. The number of anilines is 1. The molecule has 5 heteroatoms. The first kappa shape index (κ1) is 21.5. The molecule has 1 aliphatic heterocycles. The number of benzene rings is 1. The van der Waals surface area contributed by atoms with Gasteiger partial charge in [-0.2, -0.15) is 0 Å². The summed E-state index contributed by atoms with van der Waals surface area (Å²) < 4.78 is 0. The number of para-hydroxylation sites is 1. The summed E-state index contributed by atoms with van der Waals surface area (Å²) in [6.07, 6.45) is 1.84. The molecule has 1 aliphatic rings. The summed E-state index contributed by atoms with van der Waals surface area (Å²) in [4.78, 5) is 21.9. The Kier molecular flexibility index (Phi) is 7.40. The largest absolute Gasteiger partial charge is 0.324 e. The Morgan fingerprint density at radius 2 is 1.55 bits per heavy atom. The molecule has 0 atom stereocenters. The van der Waals surface area contributed by atoms with Gasteiger partial charge in [0, 0.05) is 44.6 Å². The minimum atomic E-state index is 0.0816. The zero-order valence-electron chi connectivity index (χ0n) is 18.2. The van der Waals surface area contributed by atoms with Crippen molar-refractivity contribution in [2.45, 2.75) is 46.1 Å². The van der Waals surface area contributed by atoms with Gasteiger partial charge in [0.05, 0.1) is 12.2 Å².